The van der Waals surface area contributed by atoms with Crippen molar-refractivity contribution in [2.75, 3.05) is 0 Å². The molecule has 0 bridgehead atoms. The molecule has 1 heterocycles. The van der Waals surface area contributed by atoms with E-state index in [1.54, 1.807) is 19.1 Å². The molecule has 1 amide bonds. The van der Waals surface area contributed by atoms with Gasteiger partial charge in [0.05, 0.1) is 5.02 Å². The van der Waals surface area contributed by atoms with Crippen molar-refractivity contribution in [3.63, 3.8) is 0 Å². The predicted octanol–water partition coefficient (Wildman–Crippen LogP) is 2.73. The molecule has 0 atom stereocenters. The molecule has 0 aliphatic carbocycles. The fourth-order valence-electron chi connectivity index (χ4n) is 1.78. The maximum atomic E-state index is 11.4. The third-order valence-electron chi connectivity index (χ3n) is 2.76. The summed E-state index contributed by atoms with van der Waals surface area (Å²) in [5.41, 5.74) is 3.78. The van der Waals surface area contributed by atoms with E-state index in [1.165, 1.54) is 0 Å². The Morgan fingerprint density at radius 3 is 2.80 bits per heavy atom. The highest BCUT2D eigenvalue weighted by Crippen LogP contribution is 2.26. The molecule has 1 aromatic heterocycles. The molecule has 2 aromatic rings. The van der Waals surface area contributed by atoms with E-state index in [-0.39, 0.29) is 12.4 Å². The average molecular weight is 295 g/mol. The van der Waals surface area contributed by atoms with E-state index in [0.717, 1.165) is 5.56 Å². The summed E-state index contributed by atoms with van der Waals surface area (Å²) < 4.78 is 11.0. The molecule has 0 radical (unpaired) electrons. The second-order valence-corrected chi connectivity index (χ2v) is 4.83. The molecule has 3 N–H and O–H groups in total. The Balaban J connectivity index is 2.09. The number of amides is 1. The minimum atomic E-state index is -0.470. The number of nitrogens with two attached hydrogens (primary N) is 1. The number of nitrogen functional groups attached to an aromatic ring is 1. The Kier molecular flexibility index (Phi) is 4.32. The third kappa shape index (κ3) is 3.12. The lowest BCUT2D eigenvalue weighted by atomic mass is 10.2. The number of nitrogens with one attached hydrogen (secondary N) is 1. The van der Waals surface area contributed by atoms with Crippen LogP contribution in [-0.2, 0) is 6.61 Å². The minimum absolute atomic E-state index is 0.182. The molecule has 6 heteroatoms. The summed E-state index contributed by atoms with van der Waals surface area (Å²) in [6, 6.07) is 7.24. The second kappa shape index (κ2) is 5.98. The first-order valence-corrected chi connectivity index (χ1v) is 6.38. The smallest absolute Gasteiger partial charge is 0.301 e. The van der Waals surface area contributed by atoms with Crippen molar-refractivity contribution < 1.29 is 13.9 Å². The van der Waals surface area contributed by atoms with Crippen LogP contribution in [0.15, 0.2) is 28.7 Å². The fourth-order valence-corrected chi connectivity index (χ4v) is 2.07. The zero-order valence-corrected chi connectivity index (χ0v) is 12.0. The number of halogens is 1. The lowest BCUT2D eigenvalue weighted by Gasteiger charge is -2.06. The van der Waals surface area contributed by atoms with Gasteiger partial charge in [-0.1, -0.05) is 17.7 Å². The minimum Gasteiger partial charge on any atom is -0.484 e. The van der Waals surface area contributed by atoms with E-state index in [1.807, 2.05) is 24.5 Å². The van der Waals surface area contributed by atoms with Gasteiger partial charge in [0.1, 0.15) is 18.1 Å². The van der Waals surface area contributed by atoms with E-state index in [2.05, 4.69) is 0 Å². The van der Waals surface area contributed by atoms with Crippen LogP contribution >= 0.6 is 11.6 Å². The van der Waals surface area contributed by atoms with E-state index in [9.17, 15) is 4.79 Å². The molecular weight excluding hydrogens is 280 g/mol. The van der Waals surface area contributed by atoms with Gasteiger partial charge in [0.2, 0.25) is 0 Å². The zero-order chi connectivity index (χ0) is 14.7. The first kappa shape index (κ1) is 14.4. The first-order valence-electron chi connectivity index (χ1n) is 6.00. The molecule has 0 saturated heterocycles. The van der Waals surface area contributed by atoms with E-state index >= 15 is 0 Å². The van der Waals surface area contributed by atoms with Crippen molar-refractivity contribution in [1.29, 1.82) is 0 Å². The second-order valence-electron chi connectivity index (χ2n) is 4.42. The summed E-state index contributed by atoms with van der Waals surface area (Å²) in [5.74, 6) is 5.88. The third-order valence-corrected chi connectivity index (χ3v) is 3.06. The quantitative estimate of drug-likeness (QED) is 0.516. The van der Waals surface area contributed by atoms with Crippen molar-refractivity contribution in [3.05, 3.63) is 51.9 Å². The number of aryl methyl sites for hydroxylation is 2. The highest BCUT2D eigenvalue weighted by molar-refractivity contribution is 6.32. The van der Waals surface area contributed by atoms with Gasteiger partial charge >= 0.3 is 5.91 Å². The molecule has 2 rings (SSSR count). The van der Waals surface area contributed by atoms with Crippen LogP contribution < -0.4 is 16.0 Å². The summed E-state index contributed by atoms with van der Waals surface area (Å²) in [5, 5.41) is 0.535. The molecule has 20 heavy (non-hydrogen) atoms. The molecule has 0 spiro atoms. The van der Waals surface area contributed by atoms with Crippen molar-refractivity contribution in [2.45, 2.75) is 20.5 Å². The Labute approximate surface area is 121 Å². The summed E-state index contributed by atoms with van der Waals surface area (Å²) in [6.45, 7) is 3.89. The van der Waals surface area contributed by atoms with Crippen molar-refractivity contribution >= 4 is 17.5 Å². The lowest BCUT2D eigenvalue weighted by Crippen LogP contribution is -2.30. The van der Waals surface area contributed by atoms with E-state index in [0.29, 0.717) is 22.1 Å². The van der Waals surface area contributed by atoms with Crippen LogP contribution in [0.1, 0.15) is 27.4 Å². The molecule has 0 saturated carbocycles. The number of hydrogen-bond acceptors (Lipinski definition) is 4. The zero-order valence-electron chi connectivity index (χ0n) is 11.2. The topological polar surface area (TPSA) is 77.5 Å². The maximum Gasteiger partial charge on any atom is 0.301 e. The summed E-state index contributed by atoms with van der Waals surface area (Å²) >= 11 is 6.07. The number of furan rings is 1. The molecular formula is C14H15ClN2O3. The van der Waals surface area contributed by atoms with Gasteiger partial charge < -0.3 is 9.15 Å². The standard InChI is InChI=1S/C14H15ClN2O3/c1-8-3-4-12(11(15)5-8)19-7-10-6-9(2)13(20-10)14(18)17-16/h3-6H,7,16H2,1-2H3,(H,17,18). The van der Waals surface area contributed by atoms with E-state index in [4.69, 9.17) is 26.6 Å². The SMILES string of the molecule is Cc1ccc(OCc2cc(C)c(C(=O)NN)o2)c(Cl)c1. The molecule has 5 nitrogen and oxygen atoms in total. The normalized spacial score (nSPS) is 10.4. The van der Waals surface area contributed by atoms with Gasteiger partial charge in [-0.05, 0) is 37.6 Å². The van der Waals surface area contributed by atoms with Gasteiger partial charge in [-0.2, -0.15) is 0 Å². The maximum absolute atomic E-state index is 11.4. The largest absolute Gasteiger partial charge is 0.484 e. The van der Waals surface area contributed by atoms with Crippen LogP contribution in [0.4, 0.5) is 0 Å². The van der Waals surface area contributed by atoms with Crippen molar-refractivity contribution in [3.8, 4) is 5.75 Å². The molecule has 0 aliphatic rings. The van der Waals surface area contributed by atoms with Gasteiger partial charge in [0, 0.05) is 5.56 Å². The number of benzene rings is 1. The molecule has 1 aromatic carbocycles. The highest BCUT2D eigenvalue weighted by Gasteiger charge is 2.15. The van der Waals surface area contributed by atoms with Gasteiger partial charge in [0.15, 0.2) is 5.76 Å². The summed E-state index contributed by atoms with van der Waals surface area (Å²) in [7, 11) is 0. The first-order chi connectivity index (χ1) is 9.51. The van der Waals surface area contributed by atoms with Crippen LogP contribution in [-0.4, -0.2) is 5.91 Å². The molecule has 0 fully saturated rings. The van der Waals surface area contributed by atoms with Gasteiger partial charge in [-0.3, -0.25) is 10.2 Å². The van der Waals surface area contributed by atoms with Crippen LogP contribution in [0.5, 0.6) is 5.75 Å². The van der Waals surface area contributed by atoms with E-state index < -0.39 is 5.91 Å². The predicted molar refractivity (Wildman–Crippen MR) is 75.6 cm³/mol. The van der Waals surface area contributed by atoms with Gasteiger partial charge in [0.25, 0.3) is 0 Å². The molecule has 106 valence electrons. The fraction of sp³-hybridized carbons (Fsp3) is 0.214. The molecule has 0 unspecified atom stereocenters. The Bertz CT molecular complexity index is 637. The van der Waals surface area contributed by atoms with Gasteiger partial charge in [-0.15, -0.1) is 0 Å². The Morgan fingerprint density at radius 1 is 1.40 bits per heavy atom. The van der Waals surface area contributed by atoms with Crippen LogP contribution in [0.2, 0.25) is 5.02 Å². The number of hydrazine groups is 1. The lowest BCUT2D eigenvalue weighted by molar-refractivity contribution is 0.0921. The van der Waals surface area contributed by atoms with Crippen LogP contribution in [0.3, 0.4) is 0 Å². The van der Waals surface area contributed by atoms with Crippen molar-refractivity contribution in [2.24, 2.45) is 5.84 Å². The van der Waals surface area contributed by atoms with Gasteiger partial charge in [-0.25, -0.2) is 5.84 Å². The number of ether oxygens (including phenoxy) is 1. The summed E-state index contributed by atoms with van der Waals surface area (Å²) in [4.78, 5) is 11.4. The van der Waals surface area contributed by atoms with Crippen LogP contribution in [0.25, 0.3) is 0 Å². The number of carbonyl (C=O) groups excluding carboxylic acids is 1. The number of hydrogen-bond donors (Lipinski definition) is 2. The monoisotopic (exact) mass is 294 g/mol. The average Bonchev–Trinajstić information content (AvgIpc) is 2.78. The summed E-state index contributed by atoms with van der Waals surface area (Å²) in [6.07, 6.45) is 0. The number of carbonyl (C=O) groups is 1. The molecule has 0 aliphatic heterocycles. The Morgan fingerprint density at radius 2 is 2.15 bits per heavy atom. The number of rotatable bonds is 4. The van der Waals surface area contributed by atoms with Crippen molar-refractivity contribution in [1.82, 2.24) is 5.43 Å². The van der Waals surface area contributed by atoms with Crippen LogP contribution in [0, 0.1) is 13.8 Å². The highest BCUT2D eigenvalue weighted by atomic mass is 35.5. The Hall–Kier alpha value is -1.98.